The van der Waals surface area contributed by atoms with E-state index in [1.54, 1.807) is 14.0 Å². The van der Waals surface area contributed by atoms with Crippen molar-refractivity contribution in [3.8, 4) is 0 Å². The molecule has 7 nitrogen and oxygen atoms in total. The van der Waals surface area contributed by atoms with Crippen molar-refractivity contribution in [2.24, 2.45) is 7.05 Å². The molecule has 1 aromatic heterocycles. The van der Waals surface area contributed by atoms with Crippen LogP contribution in [0.3, 0.4) is 0 Å². The summed E-state index contributed by atoms with van der Waals surface area (Å²) in [5.41, 5.74) is 0.436. The van der Waals surface area contributed by atoms with Gasteiger partial charge in [-0.15, -0.1) is 0 Å². The van der Waals surface area contributed by atoms with Gasteiger partial charge in [0.25, 0.3) is 0 Å². The number of sulfonamides is 1. The second-order valence-corrected chi connectivity index (χ2v) is 7.50. The summed E-state index contributed by atoms with van der Waals surface area (Å²) in [5, 5.41) is 4.25. The minimum atomic E-state index is -3.59. The Morgan fingerprint density at radius 3 is 2.41 bits per heavy atom. The lowest BCUT2D eigenvalue weighted by Gasteiger charge is -2.33. The van der Waals surface area contributed by atoms with Crippen LogP contribution in [0.4, 0.5) is 0 Å². The Balaban J connectivity index is 2.04. The molecular formula is C13H23ClN4O3S. The molecule has 0 saturated carbocycles. The molecule has 0 spiro atoms. The Kier molecular flexibility index (Phi) is 5.84. The Morgan fingerprint density at radius 2 is 1.91 bits per heavy atom. The molecule has 0 radical (unpaired) electrons. The molecule has 0 N–H and O–H groups in total. The highest BCUT2D eigenvalue weighted by Crippen LogP contribution is 2.27. The maximum atomic E-state index is 12.8. The average Bonchev–Trinajstić information content (AvgIpc) is 2.73. The molecule has 0 atom stereocenters. The van der Waals surface area contributed by atoms with Crippen molar-refractivity contribution in [1.29, 1.82) is 0 Å². The molecule has 0 aliphatic carbocycles. The summed E-state index contributed by atoms with van der Waals surface area (Å²) in [6.07, 6.45) is 0. The molecular weight excluding hydrogens is 328 g/mol. The third kappa shape index (κ3) is 3.62. The van der Waals surface area contributed by atoms with Gasteiger partial charge in [0.2, 0.25) is 10.0 Å². The predicted octanol–water partition coefficient (Wildman–Crippen LogP) is 0.725. The van der Waals surface area contributed by atoms with Crippen molar-refractivity contribution in [2.45, 2.75) is 18.7 Å². The van der Waals surface area contributed by atoms with Gasteiger partial charge in [0.1, 0.15) is 10.0 Å². The molecule has 2 rings (SSSR count). The van der Waals surface area contributed by atoms with Crippen molar-refractivity contribution < 1.29 is 13.2 Å². The summed E-state index contributed by atoms with van der Waals surface area (Å²) in [6.45, 7) is 8.14. The van der Waals surface area contributed by atoms with Crippen LogP contribution in [-0.4, -0.2) is 73.3 Å². The zero-order valence-corrected chi connectivity index (χ0v) is 14.8. The number of ether oxygens (including phenoxy) is 1. The second-order valence-electron chi connectivity index (χ2n) is 5.27. The molecule has 0 amide bonds. The van der Waals surface area contributed by atoms with E-state index in [1.165, 1.54) is 8.99 Å². The molecule has 9 heteroatoms. The van der Waals surface area contributed by atoms with Crippen LogP contribution in [0.5, 0.6) is 0 Å². The highest BCUT2D eigenvalue weighted by atomic mass is 35.5. The summed E-state index contributed by atoms with van der Waals surface area (Å²) in [6, 6.07) is 0. The fourth-order valence-corrected chi connectivity index (χ4v) is 4.69. The zero-order valence-electron chi connectivity index (χ0n) is 13.2. The van der Waals surface area contributed by atoms with Crippen LogP contribution in [0.15, 0.2) is 4.90 Å². The van der Waals surface area contributed by atoms with Crippen LogP contribution in [0.2, 0.25) is 5.15 Å². The van der Waals surface area contributed by atoms with E-state index in [2.05, 4.69) is 10.00 Å². The van der Waals surface area contributed by atoms with Crippen molar-refractivity contribution in [1.82, 2.24) is 19.0 Å². The monoisotopic (exact) mass is 350 g/mol. The van der Waals surface area contributed by atoms with E-state index in [1.807, 2.05) is 6.92 Å². The molecule has 0 aromatic carbocycles. The average molecular weight is 351 g/mol. The standard InChI is InChI=1S/C13H23ClN4O3S/c1-4-21-10-9-17-5-7-18(8-6-17)22(19,20)12-11(2)15-16(3)13(12)14/h4-10H2,1-3H3. The van der Waals surface area contributed by atoms with Gasteiger partial charge in [-0.2, -0.15) is 9.40 Å². The van der Waals surface area contributed by atoms with Gasteiger partial charge < -0.3 is 4.74 Å². The van der Waals surface area contributed by atoms with Gasteiger partial charge in [-0.3, -0.25) is 9.58 Å². The number of hydrogen-bond acceptors (Lipinski definition) is 5. The van der Waals surface area contributed by atoms with E-state index in [9.17, 15) is 8.42 Å². The van der Waals surface area contributed by atoms with Gasteiger partial charge in [-0.05, 0) is 13.8 Å². The SMILES string of the molecule is CCOCCN1CCN(S(=O)(=O)c2c(C)nn(C)c2Cl)CC1. The highest BCUT2D eigenvalue weighted by Gasteiger charge is 2.33. The summed E-state index contributed by atoms with van der Waals surface area (Å²) >= 11 is 6.10. The topological polar surface area (TPSA) is 67.7 Å². The van der Waals surface area contributed by atoms with E-state index in [0.29, 0.717) is 45.1 Å². The summed E-state index contributed by atoms with van der Waals surface area (Å²) in [4.78, 5) is 2.33. The summed E-state index contributed by atoms with van der Waals surface area (Å²) < 4.78 is 33.7. The molecule has 1 fully saturated rings. The molecule has 2 heterocycles. The lowest BCUT2D eigenvalue weighted by molar-refractivity contribution is 0.0979. The smallest absolute Gasteiger partial charge is 0.248 e. The third-order valence-electron chi connectivity index (χ3n) is 3.79. The van der Waals surface area contributed by atoms with Gasteiger partial charge in [-0.1, -0.05) is 11.6 Å². The Hall–Kier alpha value is -0.670. The Bertz CT molecular complexity index is 609. The largest absolute Gasteiger partial charge is 0.380 e. The fourth-order valence-electron chi connectivity index (χ4n) is 2.56. The van der Waals surface area contributed by atoms with Crippen molar-refractivity contribution in [2.75, 3.05) is 45.9 Å². The molecule has 22 heavy (non-hydrogen) atoms. The maximum Gasteiger partial charge on any atom is 0.248 e. The molecule has 126 valence electrons. The highest BCUT2D eigenvalue weighted by molar-refractivity contribution is 7.89. The van der Waals surface area contributed by atoms with Gasteiger partial charge in [0.15, 0.2) is 0 Å². The van der Waals surface area contributed by atoms with Crippen LogP contribution in [-0.2, 0) is 21.8 Å². The summed E-state index contributed by atoms with van der Waals surface area (Å²) in [7, 11) is -1.95. The first-order valence-corrected chi connectivity index (χ1v) is 9.19. The Morgan fingerprint density at radius 1 is 1.27 bits per heavy atom. The van der Waals surface area contributed by atoms with Crippen LogP contribution in [0.25, 0.3) is 0 Å². The van der Waals surface area contributed by atoms with Gasteiger partial charge in [-0.25, -0.2) is 8.42 Å². The van der Waals surface area contributed by atoms with E-state index < -0.39 is 10.0 Å². The first-order valence-electron chi connectivity index (χ1n) is 7.37. The quantitative estimate of drug-likeness (QED) is 0.707. The van der Waals surface area contributed by atoms with E-state index in [4.69, 9.17) is 16.3 Å². The van der Waals surface area contributed by atoms with E-state index in [0.717, 1.165) is 6.54 Å². The molecule has 0 unspecified atom stereocenters. The lowest BCUT2D eigenvalue weighted by Crippen LogP contribution is -2.49. The van der Waals surface area contributed by atoms with E-state index in [-0.39, 0.29) is 10.0 Å². The van der Waals surface area contributed by atoms with Crippen LogP contribution < -0.4 is 0 Å². The number of aromatic nitrogens is 2. The van der Waals surface area contributed by atoms with Crippen LogP contribution in [0, 0.1) is 6.92 Å². The number of piperazine rings is 1. The second kappa shape index (κ2) is 7.27. The normalized spacial score (nSPS) is 18.0. The number of hydrogen-bond donors (Lipinski definition) is 0. The van der Waals surface area contributed by atoms with Crippen molar-refractivity contribution in [3.63, 3.8) is 0 Å². The Labute approximate surface area is 136 Å². The van der Waals surface area contributed by atoms with Gasteiger partial charge in [0.05, 0.1) is 12.3 Å². The first-order chi connectivity index (χ1) is 10.4. The summed E-state index contributed by atoms with van der Waals surface area (Å²) in [5.74, 6) is 0. The van der Waals surface area contributed by atoms with Crippen LogP contribution >= 0.6 is 11.6 Å². The van der Waals surface area contributed by atoms with E-state index >= 15 is 0 Å². The molecule has 0 bridgehead atoms. The number of nitrogens with zero attached hydrogens (tertiary/aromatic N) is 4. The lowest BCUT2D eigenvalue weighted by atomic mass is 10.3. The molecule has 1 aliphatic rings. The minimum absolute atomic E-state index is 0.124. The van der Waals surface area contributed by atoms with Gasteiger partial charge in [0, 0.05) is 46.4 Å². The number of rotatable bonds is 6. The third-order valence-corrected chi connectivity index (χ3v) is 6.38. The fraction of sp³-hybridized carbons (Fsp3) is 0.769. The predicted molar refractivity (Wildman–Crippen MR) is 84.6 cm³/mol. The molecule has 1 aromatic rings. The van der Waals surface area contributed by atoms with Gasteiger partial charge >= 0.3 is 0 Å². The first kappa shape index (κ1) is 17.7. The molecule has 1 aliphatic heterocycles. The van der Waals surface area contributed by atoms with Crippen molar-refractivity contribution >= 4 is 21.6 Å². The van der Waals surface area contributed by atoms with Crippen molar-refractivity contribution in [3.05, 3.63) is 10.8 Å². The zero-order chi connectivity index (χ0) is 16.3. The maximum absolute atomic E-state index is 12.8. The number of halogens is 1. The van der Waals surface area contributed by atoms with Crippen LogP contribution in [0.1, 0.15) is 12.6 Å². The molecule has 1 saturated heterocycles. The minimum Gasteiger partial charge on any atom is -0.380 e. The number of aryl methyl sites for hydroxylation is 2.